The van der Waals surface area contributed by atoms with Crippen molar-refractivity contribution in [1.82, 2.24) is 0 Å². The summed E-state index contributed by atoms with van der Waals surface area (Å²) in [5.41, 5.74) is -1.06. The van der Waals surface area contributed by atoms with E-state index in [0.29, 0.717) is 12.8 Å². The SMILES string of the molecule is CC(=O)[C@]1(O)CC[C@@H]2[C@H]3CCC4=CC(=O)CC[C@@]4(C)[C@@H]3C(=O)C[C@]21C. The van der Waals surface area contributed by atoms with Crippen LogP contribution in [-0.4, -0.2) is 28.1 Å². The van der Waals surface area contributed by atoms with Gasteiger partial charge in [0.25, 0.3) is 0 Å². The van der Waals surface area contributed by atoms with Crippen LogP contribution in [-0.2, 0) is 14.4 Å². The molecule has 0 amide bonds. The molecular formula is C21H28O4. The number of hydrogen-bond acceptors (Lipinski definition) is 4. The summed E-state index contributed by atoms with van der Waals surface area (Å²) >= 11 is 0. The quantitative estimate of drug-likeness (QED) is 0.794. The third-order valence-corrected chi connectivity index (χ3v) is 8.39. The van der Waals surface area contributed by atoms with Gasteiger partial charge in [-0.3, -0.25) is 14.4 Å². The Kier molecular flexibility index (Phi) is 3.51. The average Bonchev–Trinajstić information content (AvgIpc) is 2.80. The van der Waals surface area contributed by atoms with Gasteiger partial charge >= 0.3 is 0 Å². The summed E-state index contributed by atoms with van der Waals surface area (Å²) in [5, 5.41) is 11.1. The normalized spacial score (nSPS) is 49.1. The largest absolute Gasteiger partial charge is 0.381 e. The Morgan fingerprint density at radius 2 is 1.88 bits per heavy atom. The van der Waals surface area contributed by atoms with E-state index in [2.05, 4.69) is 6.92 Å². The molecule has 0 saturated heterocycles. The number of fused-ring (bicyclic) bond motifs is 5. The third kappa shape index (κ3) is 2.00. The van der Waals surface area contributed by atoms with Crippen LogP contribution in [0.2, 0.25) is 0 Å². The first-order valence-electron chi connectivity index (χ1n) is 9.63. The molecule has 25 heavy (non-hydrogen) atoms. The lowest BCUT2D eigenvalue weighted by atomic mass is 9.46. The molecule has 3 saturated carbocycles. The van der Waals surface area contributed by atoms with Gasteiger partial charge in [-0.1, -0.05) is 19.4 Å². The van der Waals surface area contributed by atoms with Crippen molar-refractivity contribution in [1.29, 1.82) is 0 Å². The Morgan fingerprint density at radius 1 is 1.16 bits per heavy atom. The van der Waals surface area contributed by atoms with E-state index in [1.54, 1.807) is 6.08 Å². The Morgan fingerprint density at radius 3 is 2.56 bits per heavy atom. The highest BCUT2D eigenvalue weighted by Gasteiger charge is 2.67. The van der Waals surface area contributed by atoms with Crippen LogP contribution in [0.25, 0.3) is 0 Å². The second-order valence-electron chi connectivity index (χ2n) is 9.36. The molecule has 0 aromatic heterocycles. The fraction of sp³-hybridized carbons (Fsp3) is 0.762. The fourth-order valence-corrected chi connectivity index (χ4v) is 6.97. The molecule has 0 bridgehead atoms. The zero-order valence-electron chi connectivity index (χ0n) is 15.4. The van der Waals surface area contributed by atoms with E-state index in [1.807, 2.05) is 6.92 Å². The van der Waals surface area contributed by atoms with Crippen LogP contribution < -0.4 is 0 Å². The van der Waals surface area contributed by atoms with Crippen LogP contribution >= 0.6 is 0 Å². The van der Waals surface area contributed by atoms with Gasteiger partial charge in [0, 0.05) is 24.2 Å². The van der Waals surface area contributed by atoms with Crippen LogP contribution in [0.5, 0.6) is 0 Å². The van der Waals surface area contributed by atoms with Crippen molar-refractivity contribution in [3.63, 3.8) is 0 Å². The smallest absolute Gasteiger partial charge is 0.161 e. The van der Waals surface area contributed by atoms with Gasteiger partial charge in [0.1, 0.15) is 11.4 Å². The minimum absolute atomic E-state index is 0.0621. The zero-order valence-corrected chi connectivity index (χ0v) is 15.4. The molecule has 1 N–H and O–H groups in total. The fourth-order valence-electron chi connectivity index (χ4n) is 6.97. The molecule has 0 heterocycles. The lowest BCUT2D eigenvalue weighted by Gasteiger charge is -2.57. The second kappa shape index (κ2) is 5.12. The van der Waals surface area contributed by atoms with Crippen LogP contribution in [0.1, 0.15) is 65.7 Å². The second-order valence-corrected chi connectivity index (χ2v) is 9.36. The molecule has 4 aliphatic carbocycles. The number of rotatable bonds is 1. The number of ketones is 3. The van der Waals surface area contributed by atoms with Crippen molar-refractivity contribution in [2.45, 2.75) is 71.3 Å². The molecular weight excluding hydrogens is 316 g/mol. The van der Waals surface area contributed by atoms with Gasteiger partial charge < -0.3 is 5.11 Å². The van der Waals surface area contributed by atoms with E-state index in [1.165, 1.54) is 6.92 Å². The number of carbonyl (C=O) groups excluding carboxylic acids is 3. The van der Waals surface area contributed by atoms with Crippen LogP contribution in [0.15, 0.2) is 11.6 Å². The van der Waals surface area contributed by atoms with Crippen molar-refractivity contribution >= 4 is 17.3 Å². The minimum atomic E-state index is -1.36. The topological polar surface area (TPSA) is 71.4 Å². The molecule has 0 aromatic rings. The molecule has 4 rings (SSSR count). The van der Waals surface area contributed by atoms with Crippen molar-refractivity contribution in [3.8, 4) is 0 Å². The Balaban J connectivity index is 1.77. The summed E-state index contributed by atoms with van der Waals surface area (Å²) in [6, 6.07) is 0. The first-order valence-corrected chi connectivity index (χ1v) is 9.63. The first kappa shape index (κ1) is 17.1. The van der Waals surface area contributed by atoms with Gasteiger partial charge in [0.15, 0.2) is 11.6 Å². The van der Waals surface area contributed by atoms with Gasteiger partial charge in [-0.2, -0.15) is 0 Å². The maximum atomic E-state index is 13.3. The van der Waals surface area contributed by atoms with E-state index in [0.717, 1.165) is 31.3 Å². The standard InChI is InChI=1S/C21H28O4/c1-12(22)21(25)9-7-16-15-5-4-13-10-14(23)6-8-19(13,2)18(15)17(24)11-20(16,21)3/h10,15-16,18,25H,4-9,11H2,1-3H3/t15-,16-,18+,19-,20-,21-/m1/s1. The van der Waals surface area contributed by atoms with Gasteiger partial charge in [0.2, 0.25) is 0 Å². The van der Waals surface area contributed by atoms with Crippen LogP contribution in [0.3, 0.4) is 0 Å². The molecule has 4 heteroatoms. The van der Waals surface area contributed by atoms with Crippen molar-refractivity contribution in [2.75, 3.05) is 0 Å². The highest BCUT2D eigenvalue weighted by atomic mass is 16.3. The van der Waals surface area contributed by atoms with E-state index >= 15 is 0 Å². The van der Waals surface area contributed by atoms with E-state index in [4.69, 9.17) is 0 Å². The molecule has 4 nitrogen and oxygen atoms in total. The summed E-state index contributed by atoms with van der Waals surface area (Å²) in [5.74, 6) is 0.538. The van der Waals surface area contributed by atoms with Gasteiger partial charge in [-0.05, 0) is 62.4 Å². The highest BCUT2D eigenvalue weighted by molar-refractivity contribution is 5.94. The summed E-state index contributed by atoms with van der Waals surface area (Å²) < 4.78 is 0. The molecule has 0 unspecified atom stereocenters. The minimum Gasteiger partial charge on any atom is -0.381 e. The van der Waals surface area contributed by atoms with Crippen molar-refractivity contribution < 1.29 is 19.5 Å². The Hall–Kier alpha value is -1.29. The zero-order chi connectivity index (χ0) is 18.2. The maximum absolute atomic E-state index is 13.3. The van der Waals surface area contributed by atoms with Crippen molar-refractivity contribution in [2.24, 2.45) is 28.6 Å². The first-order chi connectivity index (χ1) is 11.6. The van der Waals surface area contributed by atoms with E-state index in [9.17, 15) is 19.5 Å². The number of aliphatic hydroxyl groups is 1. The summed E-state index contributed by atoms with van der Waals surface area (Å²) in [6.45, 7) is 5.58. The molecule has 0 aromatic carbocycles. The lowest BCUT2D eigenvalue weighted by Crippen LogP contribution is -2.60. The summed E-state index contributed by atoms with van der Waals surface area (Å²) in [6.07, 6.45) is 6.39. The lowest BCUT2D eigenvalue weighted by molar-refractivity contribution is -0.167. The molecule has 0 radical (unpaired) electrons. The molecule has 0 spiro atoms. The average molecular weight is 344 g/mol. The summed E-state index contributed by atoms with van der Waals surface area (Å²) in [4.78, 5) is 37.4. The number of carbonyl (C=O) groups is 3. The summed E-state index contributed by atoms with van der Waals surface area (Å²) in [7, 11) is 0. The molecule has 136 valence electrons. The van der Waals surface area contributed by atoms with E-state index < -0.39 is 11.0 Å². The van der Waals surface area contributed by atoms with Gasteiger partial charge in [-0.15, -0.1) is 0 Å². The Labute approximate surface area is 149 Å². The number of Topliss-reactive ketones (excluding diaryl/α,β-unsaturated/α-hetero) is 2. The monoisotopic (exact) mass is 344 g/mol. The third-order valence-electron chi connectivity index (χ3n) is 8.39. The van der Waals surface area contributed by atoms with Gasteiger partial charge in [0.05, 0.1) is 0 Å². The van der Waals surface area contributed by atoms with Crippen LogP contribution in [0.4, 0.5) is 0 Å². The number of allylic oxidation sites excluding steroid dienone is 1. The predicted octanol–water partition coefficient (Wildman–Crippen LogP) is 3.02. The Bertz CT molecular complexity index is 707. The predicted molar refractivity (Wildman–Crippen MR) is 92.7 cm³/mol. The van der Waals surface area contributed by atoms with Crippen LogP contribution in [0, 0.1) is 28.6 Å². The molecule has 0 aliphatic heterocycles. The highest BCUT2D eigenvalue weighted by Crippen LogP contribution is 2.66. The molecule has 3 fully saturated rings. The molecule has 6 atom stereocenters. The maximum Gasteiger partial charge on any atom is 0.161 e. The van der Waals surface area contributed by atoms with Gasteiger partial charge in [-0.25, -0.2) is 0 Å². The van der Waals surface area contributed by atoms with E-state index in [-0.39, 0.29) is 46.9 Å². The van der Waals surface area contributed by atoms with Crippen molar-refractivity contribution in [3.05, 3.63) is 11.6 Å². The molecule has 4 aliphatic rings. The number of hydrogen-bond donors (Lipinski definition) is 1.